The highest BCUT2D eigenvalue weighted by Crippen LogP contribution is 2.25. The number of benzene rings is 1. The second-order valence-electron chi connectivity index (χ2n) is 7.04. The van der Waals surface area contributed by atoms with E-state index >= 15 is 0 Å². The predicted octanol–water partition coefficient (Wildman–Crippen LogP) is 2.63. The van der Waals surface area contributed by atoms with Gasteiger partial charge in [-0.1, -0.05) is 25.0 Å². The van der Waals surface area contributed by atoms with E-state index in [4.69, 9.17) is 4.74 Å². The Labute approximate surface area is 149 Å². The summed E-state index contributed by atoms with van der Waals surface area (Å²) in [4.78, 5) is 28.5. The van der Waals surface area contributed by atoms with Crippen molar-refractivity contribution in [3.8, 4) is 5.75 Å². The third-order valence-electron chi connectivity index (χ3n) is 5.39. The number of carbonyl (C=O) groups excluding carboxylic acids is 2. The molecule has 1 heterocycles. The minimum atomic E-state index is 0.105. The summed E-state index contributed by atoms with van der Waals surface area (Å²) >= 11 is 0. The van der Waals surface area contributed by atoms with Gasteiger partial charge in [0.2, 0.25) is 11.8 Å². The number of rotatable bonds is 6. The molecule has 1 aromatic rings. The zero-order valence-electron chi connectivity index (χ0n) is 15.1. The standard InChI is InChI=1S/C20H28N2O3/c1-25-18-11-9-16(10-12-18)5-4-8-19(23)21-13-14-22(20(24)15-21)17-6-2-3-7-17/h9-12,17H,2-8,13-15H2,1H3. The second kappa shape index (κ2) is 8.37. The lowest BCUT2D eigenvalue weighted by Crippen LogP contribution is -2.54. The molecular formula is C20H28N2O3. The van der Waals surface area contributed by atoms with Crippen LogP contribution in [-0.4, -0.2) is 54.4 Å². The first-order valence-corrected chi connectivity index (χ1v) is 9.37. The molecule has 0 atom stereocenters. The average Bonchev–Trinajstić information content (AvgIpc) is 3.16. The molecule has 0 radical (unpaired) electrons. The third kappa shape index (κ3) is 4.53. The number of ether oxygens (including phenoxy) is 1. The fourth-order valence-corrected chi connectivity index (χ4v) is 3.90. The fourth-order valence-electron chi connectivity index (χ4n) is 3.90. The largest absolute Gasteiger partial charge is 0.497 e. The van der Waals surface area contributed by atoms with Crippen LogP contribution in [0.25, 0.3) is 0 Å². The van der Waals surface area contributed by atoms with Crippen LogP contribution < -0.4 is 4.74 Å². The van der Waals surface area contributed by atoms with E-state index in [2.05, 4.69) is 0 Å². The Morgan fingerprint density at radius 2 is 1.88 bits per heavy atom. The lowest BCUT2D eigenvalue weighted by molar-refractivity contribution is -0.147. The van der Waals surface area contributed by atoms with Crippen LogP contribution in [0.5, 0.6) is 5.75 Å². The highest BCUT2D eigenvalue weighted by molar-refractivity contribution is 5.86. The van der Waals surface area contributed by atoms with Gasteiger partial charge in [-0.2, -0.15) is 0 Å². The van der Waals surface area contributed by atoms with Gasteiger partial charge in [-0.25, -0.2) is 0 Å². The summed E-state index contributed by atoms with van der Waals surface area (Å²) < 4.78 is 5.15. The molecule has 5 heteroatoms. The van der Waals surface area contributed by atoms with Crippen LogP contribution >= 0.6 is 0 Å². The Hall–Kier alpha value is -2.04. The lowest BCUT2D eigenvalue weighted by atomic mass is 10.1. The fraction of sp³-hybridized carbons (Fsp3) is 0.600. The third-order valence-corrected chi connectivity index (χ3v) is 5.39. The van der Waals surface area contributed by atoms with Crippen molar-refractivity contribution in [3.05, 3.63) is 29.8 Å². The molecule has 136 valence electrons. The zero-order chi connectivity index (χ0) is 17.6. The minimum absolute atomic E-state index is 0.105. The van der Waals surface area contributed by atoms with Crippen molar-refractivity contribution in [1.29, 1.82) is 0 Å². The zero-order valence-corrected chi connectivity index (χ0v) is 15.1. The Morgan fingerprint density at radius 3 is 2.52 bits per heavy atom. The van der Waals surface area contributed by atoms with E-state index in [1.54, 1.807) is 12.0 Å². The molecule has 1 aromatic carbocycles. The topological polar surface area (TPSA) is 49.9 Å². The molecule has 0 N–H and O–H groups in total. The van der Waals surface area contributed by atoms with Crippen molar-refractivity contribution >= 4 is 11.8 Å². The van der Waals surface area contributed by atoms with E-state index in [1.165, 1.54) is 18.4 Å². The monoisotopic (exact) mass is 344 g/mol. The number of hydrogen-bond donors (Lipinski definition) is 0. The molecule has 1 aliphatic heterocycles. The van der Waals surface area contributed by atoms with Gasteiger partial charge in [0.05, 0.1) is 13.7 Å². The summed E-state index contributed by atoms with van der Waals surface area (Å²) in [5.41, 5.74) is 1.20. The summed E-state index contributed by atoms with van der Waals surface area (Å²) in [5.74, 6) is 1.08. The molecule has 0 unspecified atom stereocenters. The molecule has 1 aliphatic carbocycles. The molecule has 0 bridgehead atoms. The first-order valence-electron chi connectivity index (χ1n) is 9.37. The molecule has 1 saturated heterocycles. The Bertz CT molecular complexity index is 593. The van der Waals surface area contributed by atoms with Gasteiger partial charge in [-0.05, 0) is 43.4 Å². The SMILES string of the molecule is COc1ccc(CCCC(=O)N2CCN(C3CCCC3)C(=O)C2)cc1. The second-order valence-corrected chi connectivity index (χ2v) is 7.04. The number of nitrogens with zero attached hydrogens (tertiary/aromatic N) is 2. The molecule has 0 spiro atoms. The summed E-state index contributed by atoms with van der Waals surface area (Å²) in [6.45, 7) is 1.65. The molecule has 1 saturated carbocycles. The Morgan fingerprint density at radius 1 is 1.16 bits per heavy atom. The molecule has 2 amide bonds. The van der Waals surface area contributed by atoms with Gasteiger partial charge >= 0.3 is 0 Å². The van der Waals surface area contributed by atoms with Crippen LogP contribution in [0.15, 0.2) is 24.3 Å². The first-order chi connectivity index (χ1) is 12.2. The van der Waals surface area contributed by atoms with Crippen molar-refractivity contribution in [1.82, 2.24) is 9.80 Å². The predicted molar refractivity (Wildman–Crippen MR) is 96.5 cm³/mol. The summed E-state index contributed by atoms with van der Waals surface area (Å²) in [6, 6.07) is 8.37. The molecule has 25 heavy (non-hydrogen) atoms. The number of aryl methyl sites for hydroxylation is 1. The van der Waals surface area contributed by atoms with Crippen molar-refractivity contribution in [2.45, 2.75) is 51.0 Å². The number of piperazine rings is 1. The van der Waals surface area contributed by atoms with Crippen molar-refractivity contribution in [3.63, 3.8) is 0 Å². The molecule has 0 aromatic heterocycles. The molecule has 2 aliphatic rings. The molecular weight excluding hydrogens is 316 g/mol. The van der Waals surface area contributed by atoms with Crippen LogP contribution in [0, 0.1) is 0 Å². The normalized spacial score (nSPS) is 18.7. The molecule has 2 fully saturated rings. The van der Waals surface area contributed by atoms with E-state index in [0.717, 1.165) is 31.4 Å². The van der Waals surface area contributed by atoms with Gasteiger partial charge in [0.15, 0.2) is 0 Å². The van der Waals surface area contributed by atoms with Gasteiger partial charge < -0.3 is 14.5 Å². The number of methoxy groups -OCH3 is 1. The van der Waals surface area contributed by atoms with Gasteiger partial charge in [-0.15, -0.1) is 0 Å². The van der Waals surface area contributed by atoms with E-state index in [-0.39, 0.29) is 18.4 Å². The van der Waals surface area contributed by atoms with Crippen LogP contribution in [-0.2, 0) is 16.0 Å². The van der Waals surface area contributed by atoms with Crippen molar-refractivity contribution in [2.75, 3.05) is 26.7 Å². The number of hydrogen-bond acceptors (Lipinski definition) is 3. The molecule has 5 nitrogen and oxygen atoms in total. The highest BCUT2D eigenvalue weighted by Gasteiger charge is 2.32. The van der Waals surface area contributed by atoms with E-state index in [1.807, 2.05) is 29.2 Å². The maximum Gasteiger partial charge on any atom is 0.242 e. The van der Waals surface area contributed by atoms with Gasteiger partial charge in [0.1, 0.15) is 5.75 Å². The van der Waals surface area contributed by atoms with Crippen LogP contribution in [0.2, 0.25) is 0 Å². The lowest BCUT2D eigenvalue weighted by Gasteiger charge is -2.37. The maximum atomic E-state index is 12.4. The Balaban J connectivity index is 1.41. The summed E-state index contributed by atoms with van der Waals surface area (Å²) in [6.07, 6.45) is 6.88. The van der Waals surface area contributed by atoms with Gasteiger partial charge in [-0.3, -0.25) is 9.59 Å². The smallest absolute Gasteiger partial charge is 0.242 e. The molecule has 3 rings (SSSR count). The Kier molecular flexibility index (Phi) is 5.95. The van der Waals surface area contributed by atoms with E-state index in [0.29, 0.717) is 25.6 Å². The van der Waals surface area contributed by atoms with E-state index in [9.17, 15) is 9.59 Å². The van der Waals surface area contributed by atoms with Crippen molar-refractivity contribution < 1.29 is 14.3 Å². The van der Waals surface area contributed by atoms with Gasteiger partial charge in [0, 0.05) is 25.6 Å². The van der Waals surface area contributed by atoms with Crippen LogP contribution in [0.1, 0.15) is 44.1 Å². The van der Waals surface area contributed by atoms with Crippen LogP contribution in [0.4, 0.5) is 0 Å². The minimum Gasteiger partial charge on any atom is -0.497 e. The maximum absolute atomic E-state index is 12.4. The number of carbonyl (C=O) groups is 2. The highest BCUT2D eigenvalue weighted by atomic mass is 16.5. The van der Waals surface area contributed by atoms with E-state index < -0.39 is 0 Å². The van der Waals surface area contributed by atoms with Gasteiger partial charge in [0.25, 0.3) is 0 Å². The average molecular weight is 344 g/mol. The first kappa shape index (κ1) is 17.8. The van der Waals surface area contributed by atoms with Crippen LogP contribution in [0.3, 0.4) is 0 Å². The summed E-state index contributed by atoms with van der Waals surface area (Å²) in [5, 5.41) is 0. The number of amides is 2. The summed E-state index contributed by atoms with van der Waals surface area (Å²) in [7, 11) is 1.65. The quantitative estimate of drug-likeness (QED) is 0.797. The van der Waals surface area contributed by atoms with Crippen molar-refractivity contribution in [2.24, 2.45) is 0 Å².